The molecule has 0 aliphatic carbocycles. The first-order chi connectivity index (χ1) is 11.5. The molecular weight excluding hydrogens is 302 g/mol. The first kappa shape index (κ1) is 17.0. The molecule has 0 aromatic heterocycles. The van der Waals surface area contributed by atoms with Gasteiger partial charge in [0.05, 0.1) is 0 Å². The van der Waals surface area contributed by atoms with Gasteiger partial charge < -0.3 is 15.5 Å². The average Bonchev–Trinajstić information content (AvgIpc) is 2.58. The molecule has 5 heteroatoms. The number of hydrogen-bond acceptors (Lipinski definition) is 3. The van der Waals surface area contributed by atoms with Crippen LogP contribution in [0, 0.1) is 12.8 Å². The molecule has 2 heterocycles. The highest BCUT2D eigenvalue weighted by molar-refractivity contribution is 6.00. The third kappa shape index (κ3) is 3.78. The molecule has 24 heavy (non-hydrogen) atoms. The summed E-state index contributed by atoms with van der Waals surface area (Å²) in [6.07, 6.45) is 3.33. The summed E-state index contributed by atoms with van der Waals surface area (Å²) in [5, 5.41) is 6.37. The van der Waals surface area contributed by atoms with E-state index >= 15 is 0 Å². The predicted molar refractivity (Wildman–Crippen MR) is 94.9 cm³/mol. The molecule has 3 rings (SSSR count). The SMILES string of the molecule is Cc1ccc(N2CCCC(NC(=O)[C@H]3CCN[C@@H](C)C3)C2=O)cc1. The van der Waals surface area contributed by atoms with E-state index in [4.69, 9.17) is 0 Å². The quantitative estimate of drug-likeness (QED) is 0.891. The lowest BCUT2D eigenvalue weighted by atomic mass is 9.91. The molecule has 1 aromatic rings. The molecule has 2 N–H and O–H groups in total. The highest BCUT2D eigenvalue weighted by Gasteiger charge is 2.33. The monoisotopic (exact) mass is 329 g/mol. The van der Waals surface area contributed by atoms with E-state index in [1.807, 2.05) is 31.2 Å². The van der Waals surface area contributed by atoms with Crippen molar-refractivity contribution in [2.75, 3.05) is 18.0 Å². The number of anilines is 1. The van der Waals surface area contributed by atoms with E-state index in [-0.39, 0.29) is 17.7 Å². The van der Waals surface area contributed by atoms with E-state index in [2.05, 4.69) is 17.6 Å². The number of benzene rings is 1. The number of rotatable bonds is 3. The topological polar surface area (TPSA) is 61.4 Å². The van der Waals surface area contributed by atoms with Crippen LogP contribution in [0.4, 0.5) is 5.69 Å². The number of hydrogen-bond donors (Lipinski definition) is 2. The summed E-state index contributed by atoms with van der Waals surface area (Å²) in [6.45, 7) is 5.72. The Morgan fingerprint density at radius 2 is 2.00 bits per heavy atom. The Morgan fingerprint density at radius 3 is 2.71 bits per heavy atom. The van der Waals surface area contributed by atoms with Crippen molar-refractivity contribution in [2.24, 2.45) is 5.92 Å². The van der Waals surface area contributed by atoms with Crippen LogP contribution in [0.25, 0.3) is 0 Å². The fourth-order valence-corrected chi connectivity index (χ4v) is 3.65. The molecule has 0 bridgehead atoms. The van der Waals surface area contributed by atoms with E-state index in [9.17, 15) is 9.59 Å². The van der Waals surface area contributed by atoms with Crippen LogP contribution in [0.5, 0.6) is 0 Å². The van der Waals surface area contributed by atoms with Gasteiger partial charge in [0.25, 0.3) is 0 Å². The Morgan fingerprint density at radius 1 is 1.25 bits per heavy atom. The normalized spacial score (nSPS) is 27.8. The minimum absolute atomic E-state index is 0.0143. The van der Waals surface area contributed by atoms with Crippen molar-refractivity contribution in [1.82, 2.24) is 10.6 Å². The molecule has 2 saturated heterocycles. The van der Waals surface area contributed by atoms with Crippen molar-refractivity contribution < 1.29 is 9.59 Å². The molecule has 2 aliphatic heterocycles. The average molecular weight is 329 g/mol. The van der Waals surface area contributed by atoms with Gasteiger partial charge in [0.15, 0.2) is 0 Å². The molecule has 2 amide bonds. The Labute approximate surface area is 143 Å². The first-order valence-electron chi connectivity index (χ1n) is 8.96. The van der Waals surface area contributed by atoms with E-state index in [0.717, 1.165) is 44.5 Å². The molecule has 5 nitrogen and oxygen atoms in total. The number of carbonyl (C=O) groups is 2. The number of aryl methyl sites for hydroxylation is 1. The predicted octanol–water partition coefficient (Wildman–Crippen LogP) is 1.99. The number of amides is 2. The van der Waals surface area contributed by atoms with Crippen molar-refractivity contribution in [2.45, 2.75) is 51.6 Å². The lowest BCUT2D eigenvalue weighted by Gasteiger charge is -2.34. The second-order valence-corrected chi connectivity index (χ2v) is 7.11. The van der Waals surface area contributed by atoms with Gasteiger partial charge in [0.2, 0.25) is 11.8 Å². The van der Waals surface area contributed by atoms with Crippen LogP contribution >= 0.6 is 0 Å². The van der Waals surface area contributed by atoms with Gasteiger partial charge in [-0.15, -0.1) is 0 Å². The van der Waals surface area contributed by atoms with Gasteiger partial charge in [-0.25, -0.2) is 0 Å². The fourth-order valence-electron chi connectivity index (χ4n) is 3.65. The van der Waals surface area contributed by atoms with Crippen molar-refractivity contribution >= 4 is 17.5 Å². The van der Waals surface area contributed by atoms with Gasteiger partial charge >= 0.3 is 0 Å². The van der Waals surface area contributed by atoms with Gasteiger partial charge in [-0.05, 0) is 58.2 Å². The molecule has 3 atom stereocenters. The Kier molecular flexibility index (Phi) is 5.19. The summed E-state index contributed by atoms with van der Waals surface area (Å²) >= 11 is 0. The largest absolute Gasteiger partial charge is 0.344 e. The molecule has 1 unspecified atom stereocenters. The van der Waals surface area contributed by atoms with Gasteiger partial charge in [-0.2, -0.15) is 0 Å². The summed E-state index contributed by atoms with van der Waals surface area (Å²) in [7, 11) is 0. The molecule has 2 fully saturated rings. The van der Waals surface area contributed by atoms with Crippen molar-refractivity contribution in [3.63, 3.8) is 0 Å². The zero-order valence-corrected chi connectivity index (χ0v) is 14.5. The van der Waals surface area contributed by atoms with Gasteiger partial charge in [-0.1, -0.05) is 17.7 Å². The number of nitrogens with one attached hydrogen (secondary N) is 2. The van der Waals surface area contributed by atoms with Crippen LogP contribution in [0.3, 0.4) is 0 Å². The third-order valence-corrected chi connectivity index (χ3v) is 5.10. The van der Waals surface area contributed by atoms with Gasteiger partial charge in [0, 0.05) is 24.2 Å². The maximum Gasteiger partial charge on any atom is 0.249 e. The fraction of sp³-hybridized carbons (Fsp3) is 0.579. The van der Waals surface area contributed by atoms with Crippen molar-refractivity contribution in [3.05, 3.63) is 29.8 Å². The van der Waals surface area contributed by atoms with E-state index < -0.39 is 6.04 Å². The van der Waals surface area contributed by atoms with Crippen LogP contribution in [0.1, 0.15) is 38.2 Å². The summed E-state index contributed by atoms with van der Waals surface area (Å²) in [5.41, 5.74) is 2.09. The number of nitrogens with zero attached hydrogens (tertiary/aromatic N) is 1. The maximum atomic E-state index is 12.8. The molecule has 0 spiro atoms. The van der Waals surface area contributed by atoms with E-state index in [1.54, 1.807) is 4.90 Å². The Hall–Kier alpha value is -1.88. The van der Waals surface area contributed by atoms with Crippen LogP contribution < -0.4 is 15.5 Å². The first-order valence-corrected chi connectivity index (χ1v) is 8.96. The van der Waals surface area contributed by atoms with Crippen molar-refractivity contribution in [1.29, 1.82) is 0 Å². The van der Waals surface area contributed by atoms with E-state index in [0.29, 0.717) is 6.04 Å². The van der Waals surface area contributed by atoms with Crippen LogP contribution in [-0.2, 0) is 9.59 Å². The summed E-state index contributed by atoms with van der Waals surface area (Å²) < 4.78 is 0. The summed E-state index contributed by atoms with van der Waals surface area (Å²) in [6, 6.07) is 7.96. The zero-order chi connectivity index (χ0) is 17.1. The Balaban J connectivity index is 1.64. The standard InChI is InChI=1S/C19H27N3O2/c1-13-5-7-16(8-6-13)22-11-3-4-17(19(22)24)21-18(23)15-9-10-20-14(2)12-15/h5-8,14-15,17,20H,3-4,9-12H2,1-2H3,(H,21,23)/t14-,15-,17?/m0/s1. The minimum atomic E-state index is -0.391. The molecule has 0 saturated carbocycles. The molecular formula is C19H27N3O2. The maximum absolute atomic E-state index is 12.8. The summed E-state index contributed by atoms with van der Waals surface area (Å²) in [5.74, 6) is 0.0664. The van der Waals surface area contributed by atoms with Crippen molar-refractivity contribution in [3.8, 4) is 0 Å². The van der Waals surface area contributed by atoms with Gasteiger partial charge in [-0.3, -0.25) is 9.59 Å². The smallest absolute Gasteiger partial charge is 0.249 e. The highest BCUT2D eigenvalue weighted by atomic mass is 16.2. The molecule has 130 valence electrons. The molecule has 1 aromatic carbocycles. The lowest BCUT2D eigenvalue weighted by Crippen LogP contribution is -2.54. The molecule has 0 radical (unpaired) electrons. The lowest BCUT2D eigenvalue weighted by molar-refractivity contribution is -0.131. The number of piperidine rings is 2. The molecule has 2 aliphatic rings. The minimum Gasteiger partial charge on any atom is -0.344 e. The zero-order valence-electron chi connectivity index (χ0n) is 14.5. The summed E-state index contributed by atoms with van der Waals surface area (Å²) in [4.78, 5) is 27.1. The highest BCUT2D eigenvalue weighted by Crippen LogP contribution is 2.23. The second-order valence-electron chi connectivity index (χ2n) is 7.11. The third-order valence-electron chi connectivity index (χ3n) is 5.10. The van der Waals surface area contributed by atoms with Crippen LogP contribution in [0.2, 0.25) is 0 Å². The number of carbonyl (C=O) groups excluding carboxylic acids is 2. The van der Waals surface area contributed by atoms with Crippen LogP contribution in [0.15, 0.2) is 24.3 Å². The van der Waals surface area contributed by atoms with Crippen LogP contribution in [-0.4, -0.2) is 37.0 Å². The van der Waals surface area contributed by atoms with E-state index in [1.165, 1.54) is 5.56 Å². The Bertz CT molecular complexity index is 599. The second kappa shape index (κ2) is 7.34. The van der Waals surface area contributed by atoms with Gasteiger partial charge in [0.1, 0.15) is 6.04 Å².